The highest BCUT2D eigenvalue weighted by Crippen LogP contribution is 2.08. The molecule has 2 rings (SSSR count). The van der Waals surface area contributed by atoms with Gasteiger partial charge in [-0.05, 0) is 67.8 Å². The van der Waals surface area contributed by atoms with Gasteiger partial charge in [0.2, 0.25) is 15.9 Å². The number of nitrogens with zero attached hydrogens (tertiary/aromatic N) is 4. The van der Waals surface area contributed by atoms with Gasteiger partial charge in [-0.2, -0.15) is 15.0 Å². The average molecular weight is 299 g/mol. The zero-order valence-corrected chi connectivity index (χ0v) is 11.7. The van der Waals surface area contributed by atoms with Gasteiger partial charge in [-0.15, -0.1) is 0 Å². The van der Waals surface area contributed by atoms with Crippen molar-refractivity contribution in [2.45, 2.75) is 18.9 Å². The number of piperidine rings is 1. The second-order valence-electron chi connectivity index (χ2n) is 3.78. The molecule has 0 saturated carbocycles. The molecule has 1 saturated heterocycles. The summed E-state index contributed by atoms with van der Waals surface area (Å²) in [5, 5.41) is 0.00000000000000178. The van der Waals surface area contributed by atoms with Gasteiger partial charge >= 0.3 is 0 Å². The molecule has 0 atom stereocenters. The van der Waals surface area contributed by atoms with Crippen LogP contribution in [0.15, 0.2) is 0 Å². The Morgan fingerprint density at radius 1 is 1.00 bits per heavy atom. The van der Waals surface area contributed by atoms with Crippen molar-refractivity contribution in [3.63, 3.8) is 0 Å². The molecule has 2 heterocycles. The zero-order chi connectivity index (χ0) is 12.8. The maximum atomic E-state index is 5.67. The van der Waals surface area contributed by atoms with E-state index in [1.54, 1.807) is 0 Å². The lowest BCUT2D eigenvalue weighted by Crippen LogP contribution is -2.37. The molecular formula is C9H14Cl3N5. The third-order valence-electron chi connectivity index (χ3n) is 2.32. The van der Waals surface area contributed by atoms with E-state index < -0.39 is 0 Å². The Morgan fingerprint density at radius 3 is 1.65 bits per heavy atom. The highest BCUT2D eigenvalue weighted by Gasteiger charge is 2.11. The van der Waals surface area contributed by atoms with Crippen LogP contribution in [0.4, 0.5) is 0 Å². The van der Waals surface area contributed by atoms with Crippen LogP contribution in [-0.4, -0.2) is 46.0 Å². The van der Waals surface area contributed by atoms with Crippen LogP contribution >= 0.6 is 34.8 Å². The van der Waals surface area contributed by atoms with Gasteiger partial charge in [0, 0.05) is 6.04 Å². The summed E-state index contributed by atoms with van der Waals surface area (Å²) in [6.07, 6.45) is 2.35. The lowest BCUT2D eigenvalue weighted by Gasteiger charge is -2.25. The minimum absolute atomic E-state index is 0.000000000000000444. The predicted octanol–water partition coefficient (Wildman–Crippen LogP) is 1.87. The van der Waals surface area contributed by atoms with Crippen molar-refractivity contribution in [1.29, 1.82) is 0 Å². The van der Waals surface area contributed by atoms with Crippen molar-refractivity contribution in [2.75, 3.05) is 20.1 Å². The van der Waals surface area contributed by atoms with Crippen LogP contribution < -0.4 is 5.73 Å². The van der Waals surface area contributed by atoms with Crippen molar-refractivity contribution in [3.05, 3.63) is 15.9 Å². The van der Waals surface area contributed by atoms with E-state index in [0.717, 1.165) is 0 Å². The standard InChI is InChI=1S/C6H14N2.C3Cl3N3/c1-8-4-2-6(7)3-5-8;4-1-7-2(5)9-3(6)8-1/h6H,2-5,7H2,1H3;. The monoisotopic (exact) mass is 297 g/mol. The van der Waals surface area contributed by atoms with Crippen LogP contribution in [0.2, 0.25) is 15.9 Å². The van der Waals surface area contributed by atoms with Gasteiger partial charge in [-0.25, -0.2) is 0 Å². The number of rotatable bonds is 0. The summed E-state index contributed by atoms with van der Waals surface area (Å²) >= 11 is 16.0. The highest BCUT2D eigenvalue weighted by molar-refractivity contribution is 6.33. The third kappa shape index (κ3) is 6.33. The summed E-state index contributed by atoms with van der Waals surface area (Å²) in [6, 6.07) is 0.478. The van der Waals surface area contributed by atoms with Gasteiger partial charge in [0.25, 0.3) is 0 Å². The molecule has 96 valence electrons. The quantitative estimate of drug-likeness (QED) is 0.792. The Bertz CT molecular complexity index is 294. The second kappa shape index (κ2) is 7.28. The lowest BCUT2D eigenvalue weighted by molar-refractivity contribution is 0.256. The molecule has 8 heteroatoms. The van der Waals surface area contributed by atoms with Crippen molar-refractivity contribution in [3.8, 4) is 0 Å². The van der Waals surface area contributed by atoms with Gasteiger partial charge in [0.05, 0.1) is 0 Å². The van der Waals surface area contributed by atoms with Gasteiger partial charge in [-0.3, -0.25) is 0 Å². The molecule has 0 unspecified atom stereocenters. The molecule has 2 N–H and O–H groups in total. The molecule has 0 aliphatic carbocycles. The Kier molecular flexibility index (Phi) is 6.37. The van der Waals surface area contributed by atoms with E-state index in [2.05, 4.69) is 26.9 Å². The van der Waals surface area contributed by atoms with E-state index in [-0.39, 0.29) is 15.9 Å². The third-order valence-corrected chi connectivity index (χ3v) is 2.82. The molecule has 0 amide bonds. The molecule has 0 aromatic carbocycles. The summed E-state index contributed by atoms with van der Waals surface area (Å²) in [5.41, 5.74) is 5.67. The number of hydrogen-bond acceptors (Lipinski definition) is 5. The summed E-state index contributed by atoms with van der Waals surface area (Å²) in [4.78, 5) is 12.7. The smallest absolute Gasteiger partial charge is 0.227 e. The minimum atomic E-state index is 0.000000000000000444. The first-order chi connectivity index (χ1) is 7.97. The normalized spacial score (nSPS) is 17.5. The molecule has 1 aromatic rings. The summed E-state index contributed by atoms with van der Waals surface area (Å²) in [7, 11) is 2.14. The van der Waals surface area contributed by atoms with E-state index in [4.69, 9.17) is 40.5 Å². The van der Waals surface area contributed by atoms with Crippen LogP contribution in [0.3, 0.4) is 0 Å². The maximum absolute atomic E-state index is 5.67. The van der Waals surface area contributed by atoms with Gasteiger partial charge in [0.15, 0.2) is 0 Å². The van der Waals surface area contributed by atoms with Gasteiger partial charge in [-0.1, -0.05) is 0 Å². The van der Waals surface area contributed by atoms with E-state index in [1.165, 1.54) is 25.9 Å². The molecule has 5 nitrogen and oxygen atoms in total. The number of aromatic nitrogens is 3. The summed E-state index contributed by atoms with van der Waals surface area (Å²) in [5.74, 6) is 0. The Labute approximate surface area is 115 Å². The molecule has 17 heavy (non-hydrogen) atoms. The fourth-order valence-corrected chi connectivity index (χ4v) is 1.94. The molecule has 1 aromatic heterocycles. The van der Waals surface area contributed by atoms with E-state index in [0.29, 0.717) is 6.04 Å². The average Bonchev–Trinajstić information content (AvgIpc) is 2.21. The second-order valence-corrected chi connectivity index (χ2v) is 4.80. The molecule has 0 spiro atoms. The fourth-order valence-electron chi connectivity index (χ4n) is 1.33. The maximum Gasteiger partial charge on any atom is 0.227 e. The van der Waals surface area contributed by atoms with Crippen LogP contribution in [0, 0.1) is 0 Å². The first-order valence-corrected chi connectivity index (χ1v) is 6.27. The molecule has 1 aliphatic heterocycles. The molecule has 1 fully saturated rings. The number of hydrogen-bond donors (Lipinski definition) is 1. The van der Waals surface area contributed by atoms with Gasteiger partial charge < -0.3 is 10.6 Å². The van der Waals surface area contributed by atoms with Crippen molar-refractivity contribution in [1.82, 2.24) is 19.9 Å². The van der Waals surface area contributed by atoms with E-state index in [9.17, 15) is 0 Å². The van der Waals surface area contributed by atoms with E-state index >= 15 is 0 Å². The lowest BCUT2D eigenvalue weighted by atomic mass is 10.1. The highest BCUT2D eigenvalue weighted by atomic mass is 35.5. The number of halogens is 3. The Hall–Kier alpha value is -0.200. The SMILES string of the molecule is CN1CCC(N)CC1.Clc1nc(Cl)nc(Cl)n1. The van der Waals surface area contributed by atoms with Crippen molar-refractivity contribution in [2.24, 2.45) is 5.73 Å². The van der Waals surface area contributed by atoms with E-state index in [1.807, 2.05) is 0 Å². The van der Waals surface area contributed by atoms with Crippen molar-refractivity contribution >= 4 is 34.8 Å². The Balaban J connectivity index is 0.000000171. The van der Waals surface area contributed by atoms with Crippen LogP contribution in [-0.2, 0) is 0 Å². The number of likely N-dealkylation sites (tertiary alicyclic amines) is 1. The first kappa shape index (κ1) is 14.9. The number of nitrogens with two attached hydrogens (primary N) is 1. The van der Waals surface area contributed by atoms with Crippen LogP contribution in [0.5, 0.6) is 0 Å². The minimum Gasteiger partial charge on any atom is -0.328 e. The predicted molar refractivity (Wildman–Crippen MR) is 69.6 cm³/mol. The first-order valence-electron chi connectivity index (χ1n) is 5.14. The topological polar surface area (TPSA) is 67.9 Å². The fraction of sp³-hybridized carbons (Fsp3) is 0.667. The van der Waals surface area contributed by atoms with Crippen LogP contribution in [0.1, 0.15) is 12.8 Å². The molecular weight excluding hydrogens is 284 g/mol. The van der Waals surface area contributed by atoms with Crippen LogP contribution in [0.25, 0.3) is 0 Å². The van der Waals surface area contributed by atoms with Crippen molar-refractivity contribution < 1.29 is 0 Å². The molecule has 0 bridgehead atoms. The molecule has 1 aliphatic rings. The zero-order valence-electron chi connectivity index (χ0n) is 9.41. The Morgan fingerprint density at radius 2 is 1.35 bits per heavy atom. The molecule has 0 radical (unpaired) electrons. The summed E-state index contributed by atoms with van der Waals surface area (Å²) < 4.78 is 0. The van der Waals surface area contributed by atoms with Gasteiger partial charge in [0.1, 0.15) is 0 Å². The largest absolute Gasteiger partial charge is 0.328 e. The summed E-state index contributed by atoms with van der Waals surface area (Å²) in [6.45, 7) is 2.36.